The molecule has 0 saturated heterocycles. The van der Waals surface area contributed by atoms with Crippen LogP contribution >= 0.6 is 23.2 Å². The van der Waals surface area contributed by atoms with Gasteiger partial charge in [-0.15, -0.1) is 0 Å². The lowest BCUT2D eigenvalue weighted by Gasteiger charge is -2.23. The lowest BCUT2D eigenvalue weighted by atomic mass is 10.2. The van der Waals surface area contributed by atoms with Gasteiger partial charge in [-0.25, -0.2) is 8.42 Å². The molecule has 0 fully saturated rings. The fraction of sp³-hybridized carbons (Fsp3) is 0.208. The molecule has 8 nitrogen and oxygen atoms in total. The van der Waals surface area contributed by atoms with Crippen molar-refractivity contribution in [2.45, 2.75) is 6.54 Å². The van der Waals surface area contributed by atoms with Crippen LogP contribution < -0.4 is 23.8 Å². The highest BCUT2D eigenvalue weighted by Crippen LogP contribution is 2.35. The average molecular weight is 539 g/mol. The molecule has 0 radical (unpaired) electrons. The van der Waals surface area contributed by atoms with Crippen molar-refractivity contribution in [2.24, 2.45) is 0 Å². The molecule has 1 amide bonds. The van der Waals surface area contributed by atoms with Crippen molar-refractivity contribution in [3.63, 3.8) is 0 Å². The molecule has 0 unspecified atom stereocenters. The summed E-state index contributed by atoms with van der Waals surface area (Å²) in [5.41, 5.74) is 1.62. The second-order valence-electron chi connectivity index (χ2n) is 7.41. The standard InChI is InChI=1S/C24H24Cl2N2O6S/c1-32-22-13-21(23(33-2)12-20(22)26)27-24(29)15-34-19-10-8-18(9-11-19)28(35(3,30)31)14-16-4-6-17(25)7-5-16/h4-13H,14-15H2,1-3H3,(H,27,29). The number of benzene rings is 3. The lowest BCUT2D eigenvalue weighted by molar-refractivity contribution is -0.118. The Balaban J connectivity index is 1.66. The Morgan fingerprint density at radius 3 is 2.14 bits per heavy atom. The van der Waals surface area contributed by atoms with E-state index in [9.17, 15) is 13.2 Å². The minimum atomic E-state index is -3.55. The van der Waals surface area contributed by atoms with Gasteiger partial charge in [-0.3, -0.25) is 9.10 Å². The van der Waals surface area contributed by atoms with Gasteiger partial charge in [0.25, 0.3) is 5.91 Å². The number of carbonyl (C=O) groups is 1. The van der Waals surface area contributed by atoms with Crippen LogP contribution in [0.4, 0.5) is 11.4 Å². The van der Waals surface area contributed by atoms with Gasteiger partial charge in [0.15, 0.2) is 6.61 Å². The van der Waals surface area contributed by atoms with Crippen LogP contribution in [0.2, 0.25) is 10.0 Å². The van der Waals surface area contributed by atoms with Crippen molar-refractivity contribution >= 4 is 50.5 Å². The molecule has 3 aromatic rings. The molecule has 0 aliphatic heterocycles. The number of halogens is 2. The largest absolute Gasteiger partial charge is 0.495 e. The number of nitrogens with zero attached hydrogens (tertiary/aromatic N) is 1. The highest BCUT2D eigenvalue weighted by molar-refractivity contribution is 7.92. The zero-order valence-corrected chi connectivity index (χ0v) is 21.6. The molecule has 3 aromatic carbocycles. The number of carbonyl (C=O) groups excluding carboxylic acids is 1. The summed E-state index contributed by atoms with van der Waals surface area (Å²) in [6.45, 7) is -0.140. The van der Waals surface area contributed by atoms with Gasteiger partial charge in [0.1, 0.15) is 17.2 Å². The van der Waals surface area contributed by atoms with E-state index >= 15 is 0 Å². The van der Waals surface area contributed by atoms with E-state index in [0.717, 1.165) is 11.8 Å². The Kier molecular flexibility index (Phi) is 8.71. The summed E-state index contributed by atoms with van der Waals surface area (Å²) in [5, 5.41) is 3.60. The van der Waals surface area contributed by atoms with E-state index in [1.54, 1.807) is 54.6 Å². The van der Waals surface area contributed by atoms with Crippen LogP contribution in [0, 0.1) is 0 Å². The summed E-state index contributed by atoms with van der Waals surface area (Å²) in [6, 6.07) is 16.4. The zero-order chi connectivity index (χ0) is 25.6. The van der Waals surface area contributed by atoms with Gasteiger partial charge in [0.05, 0.1) is 43.4 Å². The molecule has 0 saturated carbocycles. The predicted octanol–water partition coefficient (Wildman–Crippen LogP) is 4.99. The zero-order valence-electron chi connectivity index (χ0n) is 19.2. The Bertz CT molecular complexity index is 1280. The first-order valence-corrected chi connectivity index (χ1v) is 12.9. The van der Waals surface area contributed by atoms with E-state index in [2.05, 4.69) is 5.32 Å². The Hall–Kier alpha value is -3.14. The van der Waals surface area contributed by atoms with Crippen LogP contribution in [0.3, 0.4) is 0 Å². The minimum Gasteiger partial charge on any atom is -0.495 e. The van der Waals surface area contributed by atoms with Crippen molar-refractivity contribution in [1.29, 1.82) is 0 Å². The molecule has 35 heavy (non-hydrogen) atoms. The number of anilines is 2. The molecule has 0 heterocycles. The van der Waals surface area contributed by atoms with E-state index in [1.165, 1.54) is 24.6 Å². The normalized spacial score (nSPS) is 11.0. The van der Waals surface area contributed by atoms with Gasteiger partial charge in [-0.05, 0) is 42.0 Å². The highest BCUT2D eigenvalue weighted by Gasteiger charge is 2.18. The Labute approximate surface area is 214 Å². The first-order chi connectivity index (χ1) is 16.6. The van der Waals surface area contributed by atoms with Gasteiger partial charge in [0, 0.05) is 17.2 Å². The quantitative estimate of drug-likeness (QED) is 0.390. The number of hydrogen-bond donors (Lipinski definition) is 1. The van der Waals surface area contributed by atoms with Crippen LogP contribution in [0.15, 0.2) is 60.7 Å². The third kappa shape index (κ3) is 7.17. The average Bonchev–Trinajstić information content (AvgIpc) is 2.83. The molecule has 186 valence electrons. The number of amides is 1. The summed E-state index contributed by atoms with van der Waals surface area (Å²) in [4.78, 5) is 12.4. The molecule has 1 N–H and O–H groups in total. The third-order valence-electron chi connectivity index (χ3n) is 4.88. The maximum absolute atomic E-state index is 12.4. The smallest absolute Gasteiger partial charge is 0.262 e. The molecule has 0 aliphatic carbocycles. The monoisotopic (exact) mass is 538 g/mol. The Morgan fingerprint density at radius 2 is 1.57 bits per heavy atom. The molecule has 11 heteroatoms. The molecule has 0 bridgehead atoms. The van der Waals surface area contributed by atoms with Crippen molar-refractivity contribution in [3.05, 3.63) is 76.3 Å². The van der Waals surface area contributed by atoms with E-state index in [1.807, 2.05) is 0 Å². The summed E-state index contributed by atoms with van der Waals surface area (Å²) >= 11 is 12.0. The topological polar surface area (TPSA) is 94.2 Å². The molecule has 0 aromatic heterocycles. The van der Waals surface area contributed by atoms with Crippen LogP contribution in [-0.4, -0.2) is 41.4 Å². The number of hydrogen-bond acceptors (Lipinski definition) is 6. The molecule has 3 rings (SSSR count). The summed E-state index contributed by atoms with van der Waals surface area (Å²) in [5.74, 6) is 0.713. The van der Waals surface area contributed by atoms with Gasteiger partial charge in [-0.2, -0.15) is 0 Å². The second-order valence-corrected chi connectivity index (χ2v) is 10.2. The molecular weight excluding hydrogens is 515 g/mol. The number of methoxy groups -OCH3 is 2. The highest BCUT2D eigenvalue weighted by atomic mass is 35.5. The van der Waals surface area contributed by atoms with Crippen LogP contribution in [0.1, 0.15) is 5.56 Å². The number of nitrogens with one attached hydrogen (secondary N) is 1. The second kappa shape index (κ2) is 11.5. The molecular formula is C24H24Cl2N2O6S. The van der Waals surface area contributed by atoms with Crippen molar-refractivity contribution in [3.8, 4) is 17.2 Å². The van der Waals surface area contributed by atoms with Crippen LogP contribution in [0.5, 0.6) is 17.2 Å². The van der Waals surface area contributed by atoms with Crippen LogP contribution in [0.25, 0.3) is 0 Å². The summed E-state index contributed by atoms with van der Waals surface area (Å²) in [6.07, 6.45) is 1.14. The number of sulfonamides is 1. The van der Waals surface area contributed by atoms with Gasteiger partial charge in [0.2, 0.25) is 10.0 Å². The van der Waals surface area contributed by atoms with Crippen molar-refractivity contribution in [1.82, 2.24) is 0 Å². The van der Waals surface area contributed by atoms with Gasteiger partial charge in [-0.1, -0.05) is 35.3 Å². The first kappa shape index (κ1) is 26.5. The molecule has 0 atom stereocenters. The summed E-state index contributed by atoms with van der Waals surface area (Å²) < 4.78 is 42.0. The summed E-state index contributed by atoms with van der Waals surface area (Å²) in [7, 11) is -0.629. The molecule has 0 aliphatic rings. The third-order valence-corrected chi connectivity index (χ3v) is 6.57. The Morgan fingerprint density at radius 1 is 0.943 bits per heavy atom. The van der Waals surface area contributed by atoms with E-state index in [4.69, 9.17) is 37.4 Å². The van der Waals surface area contributed by atoms with Gasteiger partial charge >= 0.3 is 0 Å². The van der Waals surface area contributed by atoms with Gasteiger partial charge < -0.3 is 19.5 Å². The minimum absolute atomic E-state index is 0.144. The van der Waals surface area contributed by atoms with Crippen molar-refractivity contribution in [2.75, 3.05) is 36.7 Å². The fourth-order valence-electron chi connectivity index (χ4n) is 3.16. The van der Waals surface area contributed by atoms with Crippen LogP contribution in [-0.2, 0) is 21.4 Å². The SMILES string of the molecule is COc1cc(NC(=O)COc2ccc(N(Cc3ccc(Cl)cc3)S(C)(=O)=O)cc2)c(OC)cc1Cl. The van der Waals surface area contributed by atoms with E-state index in [-0.39, 0.29) is 13.2 Å². The predicted molar refractivity (Wildman–Crippen MR) is 138 cm³/mol. The maximum Gasteiger partial charge on any atom is 0.262 e. The maximum atomic E-state index is 12.4. The fourth-order valence-corrected chi connectivity index (χ4v) is 4.40. The number of rotatable bonds is 10. The van der Waals surface area contributed by atoms with E-state index < -0.39 is 15.9 Å². The molecule has 0 spiro atoms. The van der Waals surface area contributed by atoms with E-state index in [0.29, 0.717) is 38.7 Å². The van der Waals surface area contributed by atoms with Crippen molar-refractivity contribution < 1.29 is 27.4 Å². The lowest BCUT2D eigenvalue weighted by Crippen LogP contribution is -2.29. The first-order valence-electron chi connectivity index (χ1n) is 10.3. The number of ether oxygens (including phenoxy) is 3.